The maximum Gasteiger partial charge on any atom is 0.252 e. The van der Waals surface area contributed by atoms with Crippen LogP contribution in [0.5, 0.6) is 0 Å². The summed E-state index contributed by atoms with van der Waals surface area (Å²) in [5.41, 5.74) is 4.96. The molecule has 0 spiro atoms. The summed E-state index contributed by atoms with van der Waals surface area (Å²) in [6, 6.07) is 4.79. The van der Waals surface area contributed by atoms with Gasteiger partial charge in [0.25, 0.3) is 5.91 Å². The Morgan fingerprint density at radius 3 is 2.67 bits per heavy atom. The Labute approximate surface area is 118 Å². The molecule has 18 heavy (non-hydrogen) atoms. The van der Waals surface area contributed by atoms with Crippen LogP contribution in [0.15, 0.2) is 27.8 Å². The highest BCUT2D eigenvalue weighted by molar-refractivity contribution is 9.10. The van der Waals surface area contributed by atoms with Crippen molar-refractivity contribution >= 4 is 39.3 Å². The average molecular weight is 335 g/mol. The van der Waals surface area contributed by atoms with Crippen LogP contribution in [0.25, 0.3) is 0 Å². The third kappa shape index (κ3) is 3.36. The third-order valence-corrected chi connectivity index (χ3v) is 3.57. The molecule has 0 radical (unpaired) electrons. The molecule has 5 nitrogen and oxygen atoms in total. The Morgan fingerprint density at radius 2 is 2.17 bits per heavy atom. The second-order valence-electron chi connectivity index (χ2n) is 4.19. The monoisotopic (exact) mass is 333 g/mol. The fourth-order valence-corrected chi connectivity index (χ4v) is 1.68. The summed E-state index contributed by atoms with van der Waals surface area (Å²) in [4.78, 5) is 12.0. The molecule has 0 aromatic heterocycles. The molecule has 0 aliphatic rings. The second kappa shape index (κ2) is 5.58. The van der Waals surface area contributed by atoms with Crippen LogP contribution in [0.4, 0.5) is 0 Å². The minimum absolute atomic E-state index is 0.0797. The predicted molar refractivity (Wildman–Crippen MR) is 74.1 cm³/mol. The van der Waals surface area contributed by atoms with Crippen molar-refractivity contribution in [2.24, 2.45) is 10.9 Å². The van der Waals surface area contributed by atoms with Crippen molar-refractivity contribution in [1.82, 2.24) is 5.32 Å². The summed E-state index contributed by atoms with van der Waals surface area (Å²) in [6.07, 6.45) is 0. The van der Waals surface area contributed by atoms with Crippen LogP contribution in [0.2, 0.25) is 5.02 Å². The molecular weight excluding hydrogens is 321 g/mol. The molecule has 4 N–H and O–H groups in total. The van der Waals surface area contributed by atoms with Crippen LogP contribution in [0.1, 0.15) is 24.2 Å². The van der Waals surface area contributed by atoms with E-state index in [1.807, 2.05) is 0 Å². The number of oxime groups is 1. The maximum absolute atomic E-state index is 12.0. The van der Waals surface area contributed by atoms with E-state index in [4.69, 9.17) is 22.5 Å². The van der Waals surface area contributed by atoms with Gasteiger partial charge in [0.05, 0.1) is 10.6 Å². The standard InChI is InChI=1S/C11H13BrClN3O2/c1-11(2,10(14)16-18)15-9(17)6-3-4-8(13)7(12)5-6/h3-5,18H,1-2H3,(H2,14,16)(H,15,17). The van der Waals surface area contributed by atoms with Crippen LogP contribution >= 0.6 is 27.5 Å². The van der Waals surface area contributed by atoms with E-state index in [0.717, 1.165) is 0 Å². The molecule has 0 heterocycles. The highest BCUT2D eigenvalue weighted by Gasteiger charge is 2.26. The van der Waals surface area contributed by atoms with Crippen molar-refractivity contribution in [1.29, 1.82) is 0 Å². The van der Waals surface area contributed by atoms with Crippen molar-refractivity contribution in [2.75, 3.05) is 0 Å². The van der Waals surface area contributed by atoms with E-state index in [-0.39, 0.29) is 11.7 Å². The molecule has 0 unspecified atom stereocenters. The smallest absolute Gasteiger partial charge is 0.252 e. The van der Waals surface area contributed by atoms with Gasteiger partial charge in [0.2, 0.25) is 0 Å². The SMILES string of the molecule is CC(C)(NC(=O)c1ccc(Cl)c(Br)c1)/C(N)=N/O. The van der Waals surface area contributed by atoms with Gasteiger partial charge in [-0.2, -0.15) is 0 Å². The number of nitrogens with zero attached hydrogens (tertiary/aromatic N) is 1. The van der Waals surface area contributed by atoms with Gasteiger partial charge in [-0.25, -0.2) is 0 Å². The van der Waals surface area contributed by atoms with Gasteiger partial charge >= 0.3 is 0 Å². The van der Waals surface area contributed by atoms with Crippen LogP contribution in [0.3, 0.4) is 0 Å². The predicted octanol–water partition coefficient (Wildman–Crippen LogP) is 2.36. The molecule has 7 heteroatoms. The Morgan fingerprint density at radius 1 is 1.56 bits per heavy atom. The summed E-state index contributed by atoms with van der Waals surface area (Å²) in [5.74, 6) is -0.423. The average Bonchev–Trinajstić information content (AvgIpc) is 2.30. The van der Waals surface area contributed by atoms with Crippen LogP contribution in [-0.2, 0) is 0 Å². The summed E-state index contributed by atoms with van der Waals surface area (Å²) in [7, 11) is 0. The van der Waals surface area contributed by atoms with Gasteiger partial charge in [0.15, 0.2) is 5.84 Å². The minimum atomic E-state index is -0.946. The first-order valence-corrected chi connectivity index (χ1v) is 6.20. The minimum Gasteiger partial charge on any atom is -0.409 e. The van der Waals surface area contributed by atoms with E-state index in [2.05, 4.69) is 26.4 Å². The van der Waals surface area contributed by atoms with Crippen molar-refractivity contribution in [2.45, 2.75) is 19.4 Å². The Kier molecular flexibility index (Phi) is 4.59. The molecule has 1 rings (SSSR count). The number of hydrogen-bond donors (Lipinski definition) is 3. The molecule has 0 bridgehead atoms. The number of carbonyl (C=O) groups excluding carboxylic acids is 1. The first-order chi connectivity index (χ1) is 8.27. The number of amidine groups is 1. The third-order valence-electron chi connectivity index (χ3n) is 2.36. The molecule has 0 saturated carbocycles. The van der Waals surface area contributed by atoms with Crippen LogP contribution in [-0.4, -0.2) is 22.5 Å². The lowest BCUT2D eigenvalue weighted by Crippen LogP contribution is -2.53. The zero-order valence-corrected chi connectivity index (χ0v) is 12.2. The van der Waals surface area contributed by atoms with Gasteiger partial charge in [-0.3, -0.25) is 4.79 Å². The number of rotatable bonds is 3. The lowest BCUT2D eigenvalue weighted by atomic mass is 10.0. The van der Waals surface area contributed by atoms with E-state index < -0.39 is 5.54 Å². The van der Waals surface area contributed by atoms with E-state index >= 15 is 0 Å². The van der Waals surface area contributed by atoms with E-state index in [1.54, 1.807) is 32.0 Å². The van der Waals surface area contributed by atoms with Crippen LogP contribution < -0.4 is 11.1 Å². The molecule has 1 aromatic rings. The maximum atomic E-state index is 12.0. The topological polar surface area (TPSA) is 87.7 Å². The van der Waals surface area contributed by atoms with Gasteiger partial charge in [-0.05, 0) is 48.0 Å². The van der Waals surface area contributed by atoms with Gasteiger partial charge in [0.1, 0.15) is 0 Å². The molecule has 0 atom stereocenters. The lowest BCUT2D eigenvalue weighted by Gasteiger charge is -2.24. The molecule has 1 aromatic carbocycles. The second-order valence-corrected chi connectivity index (χ2v) is 5.45. The van der Waals surface area contributed by atoms with E-state index in [1.165, 1.54) is 0 Å². The Balaban J connectivity index is 2.92. The fourth-order valence-electron chi connectivity index (χ4n) is 1.18. The fraction of sp³-hybridized carbons (Fsp3) is 0.273. The van der Waals surface area contributed by atoms with Crippen LogP contribution in [0, 0.1) is 0 Å². The Hall–Kier alpha value is -1.27. The van der Waals surface area contributed by atoms with Gasteiger partial charge in [-0.15, -0.1) is 0 Å². The number of halogens is 2. The van der Waals surface area contributed by atoms with Crippen molar-refractivity contribution in [3.8, 4) is 0 Å². The van der Waals surface area contributed by atoms with Crippen molar-refractivity contribution in [3.05, 3.63) is 33.3 Å². The zero-order chi connectivity index (χ0) is 13.9. The molecule has 0 saturated heterocycles. The normalized spacial score (nSPS) is 12.3. The zero-order valence-electron chi connectivity index (χ0n) is 9.87. The number of nitrogens with two attached hydrogens (primary N) is 1. The first-order valence-electron chi connectivity index (χ1n) is 5.03. The molecule has 0 aliphatic carbocycles. The lowest BCUT2D eigenvalue weighted by molar-refractivity contribution is 0.0931. The van der Waals surface area contributed by atoms with Gasteiger partial charge in [-0.1, -0.05) is 16.8 Å². The Bertz CT molecular complexity index is 503. The summed E-state index contributed by atoms with van der Waals surface area (Å²) in [6.45, 7) is 3.26. The summed E-state index contributed by atoms with van der Waals surface area (Å²) < 4.78 is 0.624. The molecule has 98 valence electrons. The van der Waals surface area contributed by atoms with Gasteiger partial charge < -0.3 is 16.3 Å². The quantitative estimate of drug-likeness (QED) is 0.343. The molecular formula is C11H13BrClN3O2. The highest BCUT2D eigenvalue weighted by atomic mass is 79.9. The molecule has 0 fully saturated rings. The number of hydrogen-bond acceptors (Lipinski definition) is 3. The number of carbonyl (C=O) groups is 1. The van der Waals surface area contributed by atoms with Crippen molar-refractivity contribution < 1.29 is 10.0 Å². The largest absolute Gasteiger partial charge is 0.409 e. The van der Waals surface area contributed by atoms with E-state index in [9.17, 15) is 4.79 Å². The van der Waals surface area contributed by atoms with Crippen molar-refractivity contribution in [3.63, 3.8) is 0 Å². The molecule has 1 amide bonds. The first kappa shape index (κ1) is 14.8. The molecule has 0 aliphatic heterocycles. The van der Waals surface area contributed by atoms with Gasteiger partial charge in [0, 0.05) is 10.0 Å². The van der Waals surface area contributed by atoms with E-state index in [0.29, 0.717) is 15.1 Å². The number of amides is 1. The number of nitrogens with one attached hydrogen (secondary N) is 1. The highest BCUT2D eigenvalue weighted by Crippen LogP contribution is 2.23. The summed E-state index contributed by atoms with van der Waals surface area (Å²) >= 11 is 9.08. The summed E-state index contributed by atoms with van der Waals surface area (Å²) in [5, 5.41) is 14.7. The number of benzene rings is 1.